The first-order valence-corrected chi connectivity index (χ1v) is 7.83. The van der Waals surface area contributed by atoms with Crippen LogP contribution in [0.4, 0.5) is 4.79 Å². The highest BCUT2D eigenvalue weighted by molar-refractivity contribution is 5.76. The minimum atomic E-state index is -0.618. The Hall–Kier alpha value is -2.31. The standard InChI is InChI=1S/C17H24N2O5/c1-17(2,3)24-16(21)19-10-11(15(20)23-5)9-13(19)12-7-6-8-14(18-12)22-4/h6-8,11,13H,9-10H2,1-5H3/t11-,13-/m0/s1. The number of carbonyl (C=O) groups is 2. The van der Waals surface area contributed by atoms with E-state index in [9.17, 15) is 9.59 Å². The molecule has 1 fully saturated rings. The molecule has 0 bridgehead atoms. The quantitative estimate of drug-likeness (QED) is 0.790. The SMILES string of the molecule is COC(=O)[C@H]1C[C@@H](c2cccc(OC)n2)N(C(=O)OC(C)(C)C)C1. The number of ether oxygens (including phenoxy) is 3. The zero-order valence-corrected chi connectivity index (χ0v) is 14.7. The molecule has 132 valence electrons. The number of hydrogen-bond acceptors (Lipinski definition) is 6. The molecule has 1 aromatic rings. The van der Waals surface area contributed by atoms with E-state index in [0.717, 1.165) is 0 Å². The van der Waals surface area contributed by atoms with E-state index in [1.807, 2.05) is 6.07 Å². The summed E-state index contributed by atoms with van der Waals surface area (Å²) in [6.07, 6.45) is -0.0324. The Morgan fingerprint density at radius 1 is 1.25 bits per heavy atom. The van der Waals surface area contributed by atoms with Crippen molar-refractivity contribution in [3.63, 3.8) is 0 Å². The minimum absolute atomic E-state index is 0.241. The first-order chi connectivity index (χ1) is 11.2. The van der Waals surface area contributed by atoms with Crippen LogP contribution in [-0.2, 0) is 14.3 Å². The number of aromatic nitrogens is 1. The fraction of sp³-hybridized carbons (Fsp3) is 0.588. The predicted octanol–water partition coefficient (Wildman–Crippen LogP) is 2.56. The van der Waals surface area contributed by atoms with Crippen molar-refractivity contribution in [2.45, 2.75) is 38.8 Å². The molecule has 7 nitrogen and oxygen atoms in total. The lowest BCUT2D eigenvalue weighted by Gasteiger charge is -2.28. The molecule has 0 aliphatic carbocycles. The molecule has 1 saturated heterocycles. The lowest BCUT2D eigenvalue weighted by atomic mass is 10.0. The number of likely N-dealkylation sites (tertiary alicyclic amines) is 1. The first kappa shape index (κ1) is 18.0. The van der Waals surface area contributed by atoms with Crippen LogP contribution in [0.5, 0.6) is 5.88 Å². The van der Waals surface area contributed by atoms with E-state index < -0.39 is 17.6 Å². The van der Waals surface area contributed by atoms with Crippen LogP contribution in [0.15, 0.2) is 18.2 Å². The topological polar surface area (TPSA) is 78.0 Å². The molecular weight excluding hydrogens is 312 g/mol. The van der Waals surface area contributed by atoms with E-state index in [2.05, 4.69) is 4.98 Å². The molecule has 0 N–H and O–H groups in total. The summed E-state index contributed by atoms with van der Waals surface area (Å²) in [5, 5.41) is 0. The predicted molar refractivity (Wildman–Crippen MR) is 86.6 cm³/mol. The van der Waals surface area contributed by atoms with Gasteiger partial charge in [-0.2, -0.15) is 0 Å². The van der Waals surface area contributed by atoms with Crippen molar-refractivity contribution in [2.75, 3.05) is 20.8 Å². The van der Waals surface area contributed by atoms with Gasteiger partial charge in [-0.15, -0.1) is 0 Å². The summed E-state index contributed by atoms with van der Waals surface area (Å²) in [5.74, 6) is -0.285. The molecule has 1 amide bonds. The van der Waals surface area contributed by atoms with Crippen LogP contribution < -0.4 is 4.74 Å². The average Bonchev–Trinajstić information content (AvgIpc) is 2.98. The molecule has 0 aromatic carbocycles. The van der Waals surface area contributed by atoms with Gasteiger partial charge in [-0.25, -0.2) is 9.78 Å². The van der Waals surface area contributed by atoms with Crippen LogP contribution in [0, 0.1) is 5.92 Å². The van der Waals surface area contributed by atoms with Crippen LogP contribution in [0.3, 0.4) is 0 Å². The second kappa shape index (κ2) is 7.07. The Labute approximate surface area is 141 Å². The fourth-order valence-electron chi connectivity index (χ4n) is 2.71. The van der Waals surface area contributed by atoms with E-state index >= 15 is 0 Å². The van der Waals surface area contributed by atoms with Gasteiger partial charge in [0.1, 0.15) is 5.60 Å². The van der Waals surface area contributed by atoms with Crippen molar-refractivity contribution >= 4 is 12.1 Å². The summed E-state index contributed by atoms with van der Waals surface area (Å²) in [4.78, 5) is 30.4. The number of nitrogens with zero attached hydrogens (tertiary/aromatic N) is 2. The Kier molecular flexibility index (Phi) is 5.31. The van der Waals surface area contributed by atoms with Crippen molar-refractivity contribution in [3.8, 4) is 5.88 Å². The number of hydrogen-bond donors (Lipinski definition) is 0. The minimum Gasteiger partial charge on any atom is -0.481 e. The lowest BCUT2D eigenvalue weighted by molar-refractivity contribution is -0.144. The monoisotopic (exact) mass is 336 g/mol. The van der Waals surface area contributed by atoms with Gasteiger partial charge in [0, 0.05) is 12.6 Å². The van der Waals surface area contributed by atoms with E-state index in [-0.39, 0.29) is 18.6 Å². The van der Waals surface area contributed by atoms with Gasteiger partial charge in [0.25, 0.3) is 0 Å². The van der Waals surface area contributed by atoms with Gasteiger partial charge in [-0.05, 0) is 33.3 Å². The van der Waals surface area contributed by atoms with E-state index in [1.54, 1.807) is 32.9 Å². The molecule has 1 aliphatic heterocycles. The number of rotatable bonds is 3. The van der Waals surface area contributed by atoms with Crippen LogP contribution in [-0.4, -0.2) is 48.3 Å². The van der Waals surface area contributed by atoms with Gasteiger partial charge in [-0.1, -0.05) is 6.07 Å². The van der Waals surface area contributed by atoms with Crippen LogP contribution in [0.1, 0.15) is 38.9 Å². The molecule has 0 unspecified atom stereocenters. The molecule has 2 heterocycles. The van der Waals surface area contributed by atoms with Gasteiger partial charge in [-0.3, -0.25) is 9.69 Å². The number of methoxy groups -OCH3 is 2. The van der Waals surface area contributed by atoms with Crippen molar-refractivity contribution in [1.82, 2.24) is 9.88 Å². The third-order valence-electron chi connectivity index (χ3n) is 3.76. The number of carbonyl (C=O) groups excluding carboxylic acids is 2. The maximum Gasteiger partial charge on any atom is 0.410 e. The average molecular weight is 336 g/mol. The molecule has 24 heavy (non-hydrogen) atoms. The van der Waals surface area contributed by atoms with E-state index in [4.69, 9.17) is 14.2 Å². The molecule has 0 radical (unpaired) electrons. The zero-order valence-electron chi connectivity index (χ0n) is 14.7. The largest absolute Gasteiger partial charge is 0.481 e. The van der Waals surface area contributed by atoms with Crippen molar-refractivity contribution in [3.05, 3.63) is 23.9 Å². The molecular formula is C17H24N2O5. The van der Waals surface area contributed by atoms with Crippen LogP contribution >= 0.6 is 0 Å². The second-order valence-corrected chi connectivity index (χ2v) is 6.71. The Morgan fingerprint density at radius 2 is 1.96 bits per heavy atom. The Balaban J connectivity index is 2.29. The molecule has 1 aromatic heterocycles. The van der Waals surface area contributed by atoms with Crippen molar-refractivity contribution < 1.29 is 23.8 Å². The first-order valence-electron chi connectivity index (χ1n) is 7.83. The summed E-state index contributed by atoms with van der Waals surface area (Å²) < 4.78 is 15.4. The Bertz CT molecular complexity index is 611. The molecule has 7 heteroatoms. The third kappa shape index (κ3) is 4.15. The smallest absolute Gasteiger partial charge is 0.410 e. The van der Waals surface area contributed by atoms with E-state index in [0.29, 0.717) is 18.0 Å². The van der Waals surface area contributed by atoms with E-state index in [1.165, 1.54) is 19.1 Å². The van der Waals surface area contributed by atoms with Crippen LogP contribution in [0.25, 0.3) is 0 Å². The summed E-state index contributed by atoms with van der Waals surface area (Å²) >= 11 is 0. The highest BCUT2D eigenvalue weighted by Crippen LogP contribution is 2.36. The highest BCUT2D eigenvalue weighted by atomic mass is 16.6. The fourth-order valence-corrected chi connectivity index (χ4v) is 2.71. The molecule has 2 rings (SSSR count). The number of amides is 1. The maximum atomic E-state index is 12.5. The number of pyridine rings is 1. The summed E-state index contributed by atoms with van der Waals surface area (Å²) in [5.41, 5.74) is 0.0406. The van der Waals surface area contributed by atoms with Crippen LogP contribution in [0.2, 0.25) is 0 Å². The van der Waals surface area contributed by atoms with Crippen molar-refractivity contribution in [1.29, 1.82) is 0 Å². The van der Waals surface area contributed by atoms with Gasteiger partial charge in [0.15, 0.2) is 0 Å². The molecule has 0 saturated carbocycles. The molecule has 2 atom stereocenters. The third-order valence-corrected chi connectivity index (χ3v) is 3.76. The van der Waals surface area contributed by atoms with Gasteiger partial charge < -0.3 is 14.2 Å². The van der Waals surface area contributed by atoms with Gasteiger partial charge >= 0.3 is 12.1 Å². The van der Waals surface area contributed by atoms with Gasteiger partial charge in [0.2, 0.25) is 5.88 Å². The molecule has 1 aliphatic rings. The lowest BCUT2D eigenvalue weighted by Crippen LogP contribution is -2.37. The summed E-state index contributed by atoms with van der Waals surface area (Å²) in [6.45, 7) is 5.65. The normalized spacial score (nSPS) is 20.6. The molecule has 0 spiro atoms. The Morgan fingerprint density at radius 3 is 2.54 bits per heavy atom. The second-order valence-electron chi connectivity index (χ2n) is 6.71. The van der Waals surface area contributed by atoms with Gasteiger partial charge in [0.05, 0.1) is 31.9 Å². The summed E-state index contributed by atoms with van der Waals surface area (Å²) in [7, 11) is 2.88. The summed E-state index contributed by atoms with van der Waals surface area (Å²) in [6, 6.07) is 4.98. The van der Waals surface area contributed by atoms with Crippen molar-refractivity contribution in [2.24, 2.45) is 5.92 Å². The zero-order chi connectivity index (χ0) is 17.9. The maximum absolute atomic E-state index is 12.5. The highest BCUT2D eigenvalue weighted by Gasteiger charge is 2.42. The number of esters is 1.